The molecule has 0 aromatic carbocycles. The molecule has 2 fully saturated rings. The average molecular weight is 306 g/mol. The van der Waals surface area contributed by atoms with Crippen molar-refractivity contribution in [2.45, 2.75) is 51.0 Å². The van der Waals surface area contributed by atoms with Gasteiger partial charge in [0, 0.05) is 25.6 Å². The Balaban J connectivity index is 1.65. The second kappa shape index (κ2) is 5.91. The van der Waals surface area contributed by atoms with Crippen molar-refractivity contribution < 1.29 is 9.53 Å². The number of hydrogen-bond donors (Lipinski definition) is 1. The van der Waals surface area contributed by atoms with Gasteiger partial charge >= 0.3 is 6.03 Å². The summed E-state index contributed by atoms with van der Waals surface area (Å²) in [6.07, 6.45) is 4.60. The average Bonchev–Trinajstić information content (AvgIpc) is 2.77. The molecule has 3 rings (SSSR count). The van der Waals surface area contributed by atoms with Gasteiger partial charge in [0.1, 0.15) is 5.82 Å². The van der Waals surface area contributed by atoms with E-state index in [1.165, 1.54) is 19.3 Å². The Kier molecular flexibility index (Phi) is 4.12. The molecule has 1 aliphatic heterocycles. The summed E-state index contributed by atoms with van der Waals surface area (Å²) in [6, 6.07) is 1.95. The Morgan fingerprint density at radius 2 is 2.32 bits per heavy atom. The maximum absolute atomic E-state index is 12.5. The van der Waals surface area contributed by atoms with Crippen molar-refractivity contribution in [2.75, 3.05) is 25.0 Å². The predicted octanol–water partition coefficient (Wildman–Crippen LogP) is 2.72. The third-order valence-electron chi connectivity index (χ3n) is 5.03. The molecule has 2 heterocycles. The van der Waals surface area contributed by atoms with Crippen molar-refractivity contribution in [3.63, 3.8) is 0 Å². The van der Waals surface area contributed by atoms with Gasteiger partial charge in [-0.3, -0.25) is 10.00 Å². The van der Waals surface area contributed by atoms with Crippen molar-refractivity contribution in [3.05, 3.63) is 11.8 Å². The van der Waals surface area contributed by atoms with Crippen LogP contribution in [-0.4, -0.2) is 46.0 Å². The quantitative estimate of drug-likeness (QED) is 0.934. The van der Waals surface area contributed by atoms with Crippen LogP contribution in [0.5, 0.6) is 0 Å². The van der Waals surface area contributed by atoms with Crippen LogP contribution in [0.4, 0.5) is 10.6 Å². The summed E-state index contributed by atoms with van der Waals surface area (Å²) in [5.41, 5.74) is 0.864. The molecule has 1 N–H and O–H groups in total. The molecule has 0 radical (unpaired) electrons. The lowest BCUT2D eigenvalue weighted by Crippen LogP contribution is -2.53. The number of carbonyl (C=O) groups is 1. The molecular formula is C16H26N4O2. The number of rotatable bonds is 3. The smallest absolute Gasteiger partial charge is 0.323 e. The Hall–Kier alpha value is -1.56. The zero-order chi connectivity index (χ0) is 15.7. The fourth-order valence-corrected chi connectivity index (χ4v) is 3.02. The molecule has 6 heteroatoms. The number of urea groups is 1. The number of amides is 2. The summed E-state index contributed by atoms with van der Waals surface area (Å²) in [6.45, 7) is 6.01. The highest BCUT2D eigenvalue weighted by Crippen LogP contribution is 2.36. The van der Waals surface area contributed by atoms with Crippen molar-refractivity contribution >= 4 is 11.8 Å². The van der Waals surface area contributed by atoms with E-state index in [-0.39, 0.29) is 11.6 Å². The highest BCUT2D eigenvalue weighted by atomic mass is 16.5. The van der Waals surface area contributed by atoms with E-state index in [9.17, 15) is 4.79 Å². The van der Waals surface area contributed by atoms with Crippen LogP contribution in [0, 0.1) is 0 Å². The van der Waals surface area contributed by atoms with Gasteiger partial charge in [0.15, 0.2) is 0 Å². The van der Waals surface area contributed by atoms with Gasteiger partial charge in [-0.05, 0) is 26.2 Å². The van der Waals surface area contributed by atoms with E-state index in [1.807, 2.05) is 18.0 Å². The fourth-order valence-electron chi connectivity index (χ4n) is 3.02. The molecule has 1 atom stereocenters. The second-order valence-electron chi connectivity index (χ2n) is 6.71. The first kappa shape index (κ1) is 15.3. The lowest BCUT2D eigenvalue weighted by Gasteiger charge is -2.39. The van der Waals surface area contributed by atoms with Crippen molar-refractivity contribution in [3.8, 4) is 0 Å². The number of aromatic nitrogens is 2. The Labute approximate surface area is 131 Å². The molecule has 0 spiro atoms. The molecular weight excluding hydrogens is 280 g/mol. The van der Waals surface area contributed by atoms with Crippen LogP contribution < -0.4 is 5.32 Å². The van der Waals surface area contributed by atoms with E-state index in [0.717, 1.165) is 17.9 Å². The molecule has 1 unspecified atom stereocenters. The third-order valence-corrected chi connectivity index (χ3v) is 5.03. The fraction of sp³-hybridized carbons (Fsp3) is 0.750. The van der Waals surface area contributed by atoms with Gasteiger partial charge in [-0.25, -0.2) is 4.79 Å². The van der Waals surface area contributed by atoms with Gasteiger partial charge in [-0.2, -0.15) is 5.10 Å². The Bertz CT molecular complexity index is 552. The number of morpholine rings is 1. The van der Waals surface area contributed by atoms with E-state index in [4.69, 9.17) is 4.74 Å². The molecule has 122 valence electrons. The molecule has 1 aliphatic carbocycles. The lowest BCUT2D eigenvalue weighted by atomic mass is 9.83. The maximum Gasteiger partial charge on any atom is 0.323 e. The second-order valence-corrected chi connectivity index (χ2v) is 6.71. The molecule has 6 nitrogen and oxygen atoms in total. The number of hydrogen-bond acceptors (Lipinski definition) is 3. The first-order valence-corrected chi connectivity index (χ1v) is 8.24. The van der Waals surface area contributed by atoms with Crippen molar-refractivity contribution in [1.29, 1.82) is 0 Å². The number of carbonyl (C=O) groups excluding carboxylic acids is 1. The largest absolute Gasteiger partial charge is 0.372 e. The van der Waals surface area contributed by atoms with Gasteiger partial charge < -0.3 is 9.64 Å². The molecule has 22 heavy (non-hydrogen) atoms. The minimum atomic E-state index is -0.237. The summed E-state index contributed by atoms with van der Waals surface area (Å²) >= 11 is 0. The first-order valence-electron chi connectivity index (χ1n) is 8.24. The van der Waals surface area contributed by atoms with Crippen LogP contribution in [-0.2, 0) is 11.8 Å². The topological polar surface area (TPSA) is 59.4 Å². The standard InChI is InChI=1S/C16H26N4O2/c1-4-16(2)11-20(8-9-22-16)15(21)17-14-10-13(18-19(14)3)12-6-5-7-12/h10,12H,4-9,11H2,1-3H3,(H,17,21). The van der Waals surface area contributed by atoms with E-state index < -0.39 is 0 Å². The summed E-state index contributed by atoms with van der Waals surface area (Å²) < 4.78 is 7.56. The minimum Gasteiger partial charge on any atom is -0.372 e. The summed E-state index contributed by atoms with van der Waals surface area (Å²) in [7, 11) is 1.88. The Morgan fingerprint density at radius 3 is 2.95 bits per heavy atom. The number of nitrogens with one attached hydrogen (secondary N) is 1. The third kappa shape index (κ3) is 2.97. The highest BCUT2D eigenvalue weighted by Gasteiger charge is 2.33. The summed E-state index contributed by atoms with van der Waals surface area (Å²) in [5.74, 6) is 1.35. The number of anilines is 1. The van der Waals surface area contributed by atoms with Gasteiger partial charge in [0.2, 0.25) is 0 Å². The highest BCUT2D eigenvalue weighted by molar-refractivity contribution is 5.88. The molecule has 1 saturated carbocycles. The number of aryl methyl sites for hydroxylation is 1. The minimum absolute atomic E-state index is 0.0638. The molecule has 1 aromatic heterocycles. The monoisotopic (exact) mass is 306 g/mol. The predicted molar refractivity (Wildman–Crippen MR) is 85.0 cm³/mol. The first-order chi connectivity index (χ1) is 10.5. The SMILES string of the molecule is CCC1(C)CN(C(=O)Nc2cc(C3CCC3)nn2C)CCO1. The van der Waals surface area contributed by atoms with E-state index >= 15 is 0 Å². The van der Waals surface area contributed by atoms with Crippen LogP contribution in [0.15, 0.2) is 6.07 Å². The Morgan fingerprint density at radius 1 is 1.55 bits per heavy atom. The normalized spacial score (nSPS) is 25.9. The van der Waals surface area contributed by atoms with E-state index in [2.05, 4.69) is 24.3 Å². The maximum atomic E-state index is 12.5. The number of ether oxygens (including phenoxy) is 1. The van der Waals surface area contributed by atoms with Crippen LogP contribution in [0.1, 0.15) is 51.1 Å². The summed E-state index contributed by atoms with van der Waals surface area (Å²) in [4.78, 5) is 14.3. The van der Waals surface area contributed by atoms with Crippen LogP contribution >= 0.6 is 0 Å². The van der Waals surface area contributed by atoms with E-state index in [0.29, 0.717) is 25.6 Å². The molecule has 2 amide bonds. The summed E-state index contributed by atoms with van der Waals surface area (Å²) in [5, 5.41) is 7.53. The van der Waals surface area contributed by atoms with Crippen molar-refractivity contribution in [2.24, 2.45) is 7.05 Å². The molecule has 1 aromatic rings. The lowest BCUT2D eigenvalue weighted by molar-refractivity contribution is -0.0860. The van der Waals surface area contributed by atoms with Crippen molar-refractivity contribution in [1.82, 2.24) is 14.7 Å². The number of nitrogens with zero attached hydrogens (tertiary/aromatic N) is 3. The van der Waals surface area contributed by atoms with Crippen LogP contribution in [0.3, 0.4) is 0 Å². The van der Waals surface area contributed by atoms with Gasteiger partial charge in [0.25, 0.3) is 0 Å². The van der Waals surface area contributed by atoms with E-state index in [1.54, 1.807) is 4.68 Å². The van der Waals surface area contributed by atoms with Gasteiger partial charge in [-0.15, -0.1) is 0 Å². The van der Waals surface area contributed by atoms with Gasteiger partial charge in [-0.1, -0.05) is 13.3 Å². The zero-order valence-electron chi connectivity index (χ0n) is 13.8. The van der Waals surface area contributed by atoms with Crippen LogP contribution in [0.2, 0.25) is 0 Å². The van der Waals surface area contributed by atoms with Crippen LogP contribution in [0.25, 0.3) is 0 Å². The molecule has 1 saturated heterocycles. The zero-order valence-corrected chi connectivity index (χ0v) is 13.8. The molecule has 2 aliphatic rings. The van der Waals surface area contributed by atoms with Gasteiger partial charge in [0.05, 0.1) is 24.4 Å². The molecule has 0 bridgehead atoms.